The molecule has 6 nitrogen and oxygen atoms in total. The van der Waals surface area contributed by atoms with Crippen molar-refractivity contribution in [2.24, 2.45) is 0 Å². The number of methoxy groups -OCH3 is 1. The van der Waals surface area contributed by atoms with Crippen LogP contribution < -0.4 is 10.1 Å². The molecule has 1 N–H and O–H groups in total. The molecule has 3 rings (SSSR count). The third-order valence-corrected chi connectivity index (χ3v) is 7.28. The largest absolute Gasteiger partial charge is 0.497 e. The van der Waals surface area contributed by atoms with E-state index >= 15 is 0 Å². The molecule has 0 spiro atoms. The van der Waals surface area contributed by atoms with Gasteiger partial charge in [-0.3, -0.25) is 4.79 Å². The third kappa shape index (κ3) is 5.72. The van der Waals surface area contributed by atoms with Crippen LogP contribution in [0.2, 0.25) is 0 Å². The molecule has 0 aliphatic rings. The second-order valence-corrected chi connectivity index (χ2v) is 9.80. The number of hydrogen-bond donors (Lipinski definition) is 1. The molecule has 0 heterocycles. The van der Waals surface area contributed by atoms with Gasteiger partial charge in [-0.15, -0.1) is 0 Å². The number of ether oxygens (including phenoxy) is 1. The highest BCUT2D eigenvalue weighted by molar-refractivity contribution is 9.10. The SMILES string of the molecule is COc1ccc([C@@H](CC(=O)Nc2ccc(Br)cc2)N(C)S(=O)(=O)c2ccccc2)cc1. The summed E-state index contributed by atoms with van der Waals surface area (Å²) in [5.41, 5.74) is 1.32. The number of sulfonamides is 1. The number of nitrogens with zero attached hydrogens (tertiary/aromatic N) is 1. The van der Waals surface area contributed by atoms with Crippen LogP contribution in [0.4, 0.5) is 5.69 Å². The minimum Gasteiger partial charge on any atom is -0.497 e. The Morgan fingerprint density at radius 1 is 1.00 bits per heavy atom. The molecule has 162 valence electrons. The van der Waals surface area contributed by atoms with E-state index in [9.17, 15) is 13.2 Å². The Bertz CT molecular complexity index is 1120. The fraction of sp³-hybridized carbons (Fsp3) is 0.174. The van der Waals surface area contributed by atoms with Gasteiger partial charge in [0.2, 0.25) is 15.9 Å². The van der Waals surface area contributed by atoms with E-state index in [2.05, 4.69) is 21.2 Å². The first-order valence-corrected chi connectivity index (χ1v) is 11.8. The predicted molar refractivity (Wildman–Crippen MR) is 125 cm³/mol. The highest BCUT2D eigenvalue weighted by atomic mass is 79.9. The summed E-state index contributed by atoms with van der Waals surface area (Å²) >= 11 is 3.36. The fourth-order valence-electron chi connectivity index (χ4n) is 3.13. The number of hydrogen-bond acceptors (Lipinski definition) is 4. The van der Waals surface area contributed by atoms with Crippen LogP contribution in [-0.2, 0) is 14.8 Å². The van der Waals surface area contributed by atoms with Crippen LogP contribution in [0.25, 0.3) is 0 Å². The minimum absolute atomic E-state index is 0.0506. The van der Waals surface area contributed by atoms with Gasteiger partial charge in [0.15, 0.2) is 0 Å². The van der Waals surface area contributed by atoms with Gasteiger partial charge in [-0.25, -0.2) is 8.42 Å². The molecule has 3 aromatic rings. The zero-order valence-corrected chi connectivity index (χ0v) is 19.6. The minimum atomic E-state index is -3.81. The van der Waals surface area contributed by atoms with Gasteiger partial charge in [0, 0.05) is 23.6 Å². The van der Waals surface area contributed by atoms with E-state index in [1.54, 1.807) is 73.8 Å². The Balaban J connectivity index is 1.90. The molecule has 0 aliphatic carbocycles. The molecule has 0 unspecified atom stereocenters. The van der Waals surface area contributed by atoms with Crippen LogP contribution >= 0.6 is 15.9 Å². The van der Waals surface area contributed by atoms with Gasteiger partial charge in [-0.2, -0.15) is 4.31 Å². The molecule has 0 aromatic heterocycles. The van der Waals surface area contributed by atoms with Gasteiger partial charge in [0.05, 0.1) is 18.0 Å². The molecule has 0 bridgehead atoms. The van der Waals surface area contributed by atoms with E-state index in [1.165, 1.54) is 11.4 Å². The van der Waals surface area contributed by atoms with Gasteiger partial charge in [0.25, 0.3) is 0 Å². The van der Waals surface area contributed by atoms with Gasteiger partial charge >= 0.3 is 0 Å². The molecule has 1 atom stereocenters. The van der Waals surface area contributed by atoms with Crippen molar-refractivity contribution in [3.05, 3.63) is 88.9 Å². The predicted octanol–water partition coefficient (Wildman–Crippen LogP) is 4.85. The summed E-state index contributed by atoms with van der Waals surface area (Å²) in [6.07, 6.45) is -0.0506. The molecule has 0 fully saturated rings. The molecule has 31 heavy (non-hydrogen) atoms. The summed E-state index contributed by atoms with van der Waals surface area (Å²) in [4.78, 5) is 13.0. The van der Waals surface area contributed by atoms with E-state index in [0.29, 0.717) is 17.0 Å². The number of halogens is 1. The maximum absolute atomic E-state index is 13.2. The monoisotopic (exact) mass is 502 g/mol. The second kappa shape index (κ2) is 10.1. The number of anilines is 1. The highest BCUT2D eigenvalue weighted by Gasteiger charge is 2.30. The van der Waals surface area contributed by atoms with Crippen LogP contribution in [0.15, 0.2) is 88.2 Å². The van der Waals surface area contributed by atoms with E-state index in [-0.39, 0.29) is 17.2 Å². The number of amides is 1. The molecule has 8 heteroatoms. The van der Waals surface area contributed by atoms with E-state index < -0.39 is 16.1 Å². The lowest BCUT2D eigenvalue weighted by molar-refractivity contribution is -0.117. The zero-order valence-electron chi connectivity index (χ0n) is 17.2. The Morgan fingerprint density at radius 3 is 2.19 bits per heavy atom. The molecule has 0 radical (unpaired) electrons. The summed E-state index contributed by atoms with van der Waals surface area (Å²) in [7, 11) is -0.760. The summed E-state index contributed by atoms with van der Waals surface area (Å²) < 4.78 is 33.8. The first kappa shape index (κ1) is 23.0. The Morgan fingerprint density at radius 2 is 1.61 bits per heavy atom. The maximum atomic E-state index is 13.2. The summed E-state index contributed by atoms with van der Waals surface area (Å²) in [5.74, 6) is 0.355. The van der Waals surface area contributed by atoms with Crippen LogP contribution in [0.5, 0.6) is 5.75 Å². The number of rotatable bonds is 8. The van der Waals surface area contributed by atoms with Crippen molar-refractivity contribution in [3.8, 4) is 5.75 Å². The second-order valence-electron chi connectivity index (χ2n) is 6.88. The van der Waals surface area contributed by atoms with Crippen LogP contribution in [0.3, 0.4) is 0 Å². The number of carbonyl (C=O) groups is 1. The lowest BCUT2D eigenvalue weighted by Crippen LogP contribution is -2.33. The van der Waals surface area contributed by atoms with E-state index in [1.807, 2.05) is 12.1 Å². The standard InChI is InChI=1S/C23H23BrN2O4S/c1-26(31(28,29)21-6-4-3-5-7-21)22(17-8-14-20(30-2)15-9-17)16-23(27)25-19-12-10-18(24)11-13-19/h3-15,22H,16H2,1-2H3,(H,25,27)/t22-/m1/s1. The lowest BCUT2D eigenvalue weighted by Gasteiger charge is -2.28. The van der Waals surface area contributed by atoms with E-state index in [0.717, 1.165) is 4.47 Å². The number of carbonyl (C=O) groups excluding carboxylic acids is 1. The Hall–Kier alpha value is -2.68. The maximum Gasteiger partial charge on any atom is 0.243 e. The quantitative estimate of drug-likeness (QED) is 0.477. The average Bonchev–Trinajstić information content (AvgIpc) is 2.79. The molecular weight excluding hydrogens is 480 g/mol. The fourth-order valence-corrected chi connectivity index (χ4v) is 4.76. The number of nitrogens with one attached hydrogen (secondary N) is 1. The summed E-state index contributed by atoms with van der Waals surface area (Å²) in [6.45, 7) is 0. The Kier molecular flexibility index (Phi) is 7.48. The van der Waals surface area contributed by atoms with Gasteiger partial charge in [0.1, 0.15) is 5.75 Å². The zero-order chi connectivity index (χ0) is 22.4. The van der Waals surface area contributed by atoms with Crippen molar-refractivity contribution in [3.63, 3.8) is 0 Å². The lowest BCUT2D eigenvalue weighted by atomic mass is 10.0. The van der Waals surface area contributed by atoms with E-state index in [4.69, 9.17) is 4.74 Å². The first-order valence-electron chi connectivity index (χ1n) is 9.53. The van der Waals surface area contributed by atoms with Crippen molar-refractivity contribution in [2.75, 3.05) is 19.5 Å². The van der Waals surface area contributed by atoms with Crippen LogP contribution in [-0.4, -0.2) is 32.8 Å². The van der Waals surface area contributed by atoms with Crippen LogP contribution in [0.1, 0.15) is 18.0 Å². The number of benzene rings is 3. The van der Waals surface area contributed by atoms with Crippen molar-refractivity contribution in [1.82, 2.24) is 4.31 Å². The topological polar surface area (TPSA) is 75.7 Å². The first-order chi connectivity index (χ1) is 14.8. The normalized spacial score (nSPS) is 12.4. The van der Waals surface area contributed by atoms with Crippen molar-refractivity contribution < 1.29 is 17.9 Å². The summed E-state index contributed by atoms with van der Waals surface area (Å²) in [5, 5.41) is 2.83. The van der Waals surface area contributed by atoms with Gasteiger partial charge in [-0.1, -0.05) is 46.3 Å². The molecular formula is C23H23BrN2O4S. The third-order valence-electron chi connectivity index (χ3n) is 4.87. The van der Waals surface area contributed by atoms with Crippen molar-refractivity contribution in [2.45, 2.75) is 17.4 Å². The molecule has 0 aliphatic heterocycles. The average molecular weight is 503 g/mol. The van der Waals surface area contributed by atoms with Crippen LogP contribution in [0, 0.1) is 0 Å². The highest BCUT2D eigenvalue weighted by Crippen LogP contribution is 2.30. The van der Waals surface area contributed by atoms with Gasteiger partial charge < -0.3 is 10.1 Å². The van der Waals surface area contributed by atoms with Crippen molar-refractivity contribution >= 4 is 37.5 Å². The molecule has 3 aromatic carbocycles. The molecule has 1 amide bonds. The summed E-state index contributed by atoms with van der Waals surface area (Å²) in [6, 6.07) is 21.7. The Labute approximate surface area is 191 Å². The van der Waals surface area contributed by atoms with Gasteiger partial charge in [-0.05, 0) is 54.1 Å². The molecule has 0 saturated heterocycles. The molecule has 0 saturated carbocycles. The smallest absolute Gasteiger partial charge is 0.243 e. The van der Waals surface area contributed by atoms with Crippen molar-refractivity contribution in [1.29, 1.82) is 0 Å².